The van der Waals surface area contributed by atoms with E-state index in [0.29, 0.717) is 18.7 Å². The molecule has 0 atom stereocenters. The highest BCUT2D eigenvalue weighted by Crippen LogP contribution is 2.47. The van der Waals surface area contributed by atoms with E-state index in [1.54, 1.807) is 12.1 Å². The standard InChI is InChI=1S/C15H17F3N2O/c16-15(17,18)14-11(2-1-3-12(14)10-4-5-10)9-20-7-6-19-8-13(20)21/h1-3,10,19H,4-9H2. The zero-order chi connectivity index (χ0) is 15.0. The highest BCUT2D eigenvalue weighted by atomic mass is 19.4. The highest BCUT2D eigenvalue weighted by Gasteiger charge is 2.40. The summed E-state index contributed by atoms with van der Waals surface area (Å²) in [5, 5.41) is 2.92. The molecule has 1 N–H and O–H groups in total. The van der Waals surface area contributed by atoms with Gasteiger partial charge in [0, 0.05) is 19.6 Å². The molecule has 0 unspecified atom stereocenters. The van der Waals surface area contributed by atoms with E-state index in [1.165, 1.54) is 11.0 Å². The van der Waals surface area contributed by atoms with E-state index >= 15 is 0 Å². The summed E-state index contributed by atoms with van der Waals surface area (Å²) in [5.74, 6) is -0.119. The van der Waals surface area contributed by atoms with Gasteiger partial charge in [-0.05, 0) is 29.9 Å². The summed E-state index contributed by atoms with van der Waals surface area (Å²) in [6, 6.07) is 4.73. The molecule has 1 saturated carbocycles. The number of rotatable bonds is 3. The van der Waals surface area contributed by atoms with Crippen LogP contribution in [0.1, 0.15) is 35.4 Å². The van der Waals surface area contributed by atoms with Crippen molar-refractivity contribution in [1.29, 1.82) is 0 Å². The van der Waals surface area contributed by atoms with Crippen LogP contribution in [0.5, 0.6) is 0 Å². The molecule has 1 aliphatic carbocycles. The average Bonchev–Trinajstić information content (AvgIpc) is 3.24. The molecular weight excluding hydrogens is 281 g/mol. The third-order valence-corrected chi connectivity index (χ3v) is 4.03. The van der Waals surface area contributed by atoms with Gasteiger partial charge in [0.15, 0.2) is 0 Å². The SMILES string of the molecule is O=C1CNCCN1Cc1cccc(C2CC2)c1C(F)(F)F. The fraction of sp³-hybridized carbons (Fsp3) is 0.533. The summed E-state index contributed by atoms with van der Waals surface area (Å²) in [5.41, 5.74) is 0.0727. The van der Waals surface area contributed by atoms with Crippen molar-refractivity contribution in [2.45, 2.75) is 31.5 Å². The van der Waals surface area contributed by atoms with Gasteiger partial charge in [0.25, 0.3) is 0 Å². The van der Waals surface area contributed by atoms with Crippen molar-refractivity contribution in [3.8, 4) is 0 Å². The Kier molecular flexibility index (Phi) is 3.65. The molecule has 3 rings (SSSR count). The van der Waals surface area contributed by atoms with Crippen LogP contribution in [0.2, 0.25) is 0 Å². The van der Waals surface area contributed by atoms with E-state index < -0.39 is 11.7 Å². The van der Waals surface area contributed by atoms with E-state index in [9.17, 15) is 18.0 Å². The monoisotopic (exact) mass is 298 g/mol. The Morgan fingerprint density at radius 1 is 1.29 bits per heavy atom. The first-order valence-corrected chi connectivity index (χ1v) is 7.14. The first kappa shape index (κ1) is 14.4. The Morgan fingerprint density at radius 3 is 2.67 bits per heavy atom. The second kappa shape index (κ2) is 5.33. The van der Waals surface area contributed by atoms with Gasteiger partial charge >= 0.3 is 6.18 Å². The fourth-order valence-corrected chi connectivity index (χ4v) is 2.85. The normalized spacial score (nSPS) is 20.0. The van der Waals surface area contributed by atoms with E-state index in [-0.39, 0.29) is 30.5 Å². The van der Waals surface area contributed by atoms with Crippen molar-refractivity contribution in [2.24, 2.45) is 0 Å². The van der Waals surface area contributed by atoms with Crippen LogP contribution >= 0.6 is 0 Å². The zero-order valence-corrected chi connectivity index (χ0v) is 11.5. The molecule has 2 fully saturated rings. The lowest BCUT2D eigenvalue weighted by molar-refractivity contribution is -0.140. The van der Waals surface area contributed by atoms with Crippen LogP contribution in [0, 0.1) is 0 Å². The van der Waals surface area contributed by atoms with Gasteiger partial charge in [0.2, 0.25) is 5.91 Å². The summed E-state index contributed by atoms with van der Waals surface area (Å²) < 4.78 is 40.3. The molecule has 21 heavy (non-hydrogen) atoms. The topological polar surface area (TPSA) is 32.3 Å². The van der Waals surface area contributed by atoms with Crippen molar-refractivity contribution in [2.75, 3.05) is 19.6 Å². The molecule has 1 aromatic rings. The van der Waals surface area contributed by atoms with Gasteiger partial charge in [0.05, 0.1) is 12.1 Å². The third kappa shape index (κ3) is 3.05. The first-order chi connectivity index (χ1) is 9.97. The molecule has 0 radical (unpaired) electrons. The molecule has 1 amide bonds. The number of amides is 1. The van der Waals surface area contributed by atoms with Crippen LogP contribution in [0.15, 0.2) is 18.2 Å². The maximum atomic E-state index is 13.4. The molecule has 6 heteroatoms. The van der Waals surface area contributed by atoms with Crippen LogP contribution in [0.3, 0.4) is 0 Å². The summed E-state index contributed by atoms with van der Waals surface area (Å²) in [4.78, 5) is 13.3. The lowest BCUT2D eigenvalue weighted by Crippen LogP contribution is -2.47. The molecule has 0 aromatic heterocycles. The lowest BCUT2D eigenvalue weighted by Gasteiger charge is -2.29. The Hall–Kier alpha value is -1.56. The Morgan fingerprint density at radius 2 is 2.05 bits per heavy atom. The highest BCUT2D eigenvalue weighted by molar-refractivity contribution is 5.79. The number of benzene rings is 1. The first-order valence-electron chi connectivity index (χ1n) is 7.14. The summed E-state index contributed by atoms with van der Waals surface area (Å²) >= 11 is 0. The molecule has 1 heterocycles. The number of halogens is 3. The largest absolute Gasteiger partial charge is 0.417 e. The molecule has 1 aromatic carbocycles. The molecule has 2 aliphatic rings. The van der Waals surface area contributed by atoms with Crippen molar-refractivity contribution < 1.29 is 18.0 Å². The van der Waals surface area contributed by atoms with Crippen LogP contribution in [-0.2, 0) is 17.5 Å². The molecule has 1 saturated heterocycles. The van der Waals surface area contributed by atoms with Gasteiger partial charge in [-0.3, -0.25) is 4.79 Å². The van der Waals surface area contributed by atoms with E-state index in [2.05, 4.69) is 5.32 Å². The fourth-order valence-electron chi connectivity index (χ4n) is 2.85. The Balaban J connectivity index is 1.93. The van der Waals surface area contributed by atoms with E-state index in [1.807, 2.05) is 0 Å². The molecular formula is C15H17F3N2O. The molecule has 114 valence electrons. The summed E-state index contributed by atoms with van der Waals surface area (Å²) in [6.45, 7) is 1.30. The number of hydrogen-bond acceptors (Lipinski definition) is 2. The molecule has 1 aliphatic heterocycles. The van der Waals surface area contributed by atoms with Crippen LogP contribution in [-0.4, -0.2) is 30.4 Å². The minimum Gasteiger partial charge on any atom is -0.336 e. The second-order valence-corrected chi connectivity index (χ2v) is 5.65. The molecule has 3 nitrogen and oxygen atoms in total. The quantitative estimate of drug-likeness (QED) is 0.930. The summed E-state index contributed by atoms with van der Waals surface area (Å²) in [6.07, 6.45) is -2.73. The van der Waals surface area contributed by atoms with E-state index in [4.69, 9.17) is 0 Å². The minimum atomic E-state index is -4.37. The van der Waals surface area contributed by atoms with Crippen LogP contribution < -0.4 is 5.32 Å². The minimum absolute atomic E-state index is 0.0281. The van der Waals surface area contributed by atoms with Crippen molar-refractivity contribution in [1.82, 2.24) is 10.2 Å². The molecule has 0 bridgehead atoms. The smallest absolute Gasteiger partial charge is 0.336 e. The second-order valence-electron chi connectivity index (χ2n) is 5.65. The van der Waals surface area contributed by atoms with Crippen molar-refractivity contribution in [3.63, 3.8) is 0 Å². The van der Waals surface area contributed by atoms with Crippen LogP contribution in [0.25, 0.3) is 0 Å². The van der Waals surface area contributed by atoms with Gasteiger partial charge in [-0.25, -0.2) is 0 Å². The maximum Gasteiger partial charge on any atom is 0.417 e. The van der Waals surface area contributed by atoms with Gasteiger partial charge < -0.3 is 10.2 Å². The number of hydrogen-bond donors (Lipinski definition) is 1. The van der Waals surface area contributed by atoms with E-state index in [0.717, 1.165) is 12.8 Å². The predicted octanol–water partition coefficient (Wildman–Crippen LogP) is 2.51. The van der Waals surface area contributed by atoms with Gasteiger partial charge in [-0.1, -0.05) is 18.2 Å². The zero-order valence-electron chi connectivity index (χ0n) is 11.5. The van der Waals surface area contributed by atoms with Crippen LogP contribution in [0.4, 0.5) is 13.2 Å². The average molecular weight is 298 g/mol. The number of piperazine rings is 1. The van der Waals surface area contributed by atoms with Gasteiger partial charge in [0.1, 0.15) is 0 Å². The molecule has 0 spiro atoms. The van der Waals surface area contributed by atoms with Gasteiger partial charge in [-0.15, -0.1) is 0 Å². The number of nitrogens with zero attached hydrogens (tertiary/aromatic N) is 1. The van der Waals surface area contributed by atoms with Gasteiger partial charge in [-0.2, -0.15) is 13.2 Å². The number of nitrogens with one attached hydrogen (secondary N) is 1. The Bertz CT molecular complexity index is 552. The predicted molar refractivity (Wildman–Crippen MR) is 71.7 cm³/mol. The number of carbonyl (C=O) groups is 1. The number of alkyl halides is 3. The number of carbonyl (C=O) groups excluding carboxylic acids is 1. The van der Waals surface area contributed by atoms with Crippen molar-refractivity contribution >= 4 is 5.91 Å². The lowest BCUT2D eigenvalue weighted by atomic mass is 9.96. The van der Waals surface area contributed by atoms with Crippen molar-refractivity contribution in [3.05, 3.63) is 34.9 Å². The Labute approximate surface area is 121 Å². The maximum absolute atomic E-state index is 13.4. The third-order valence-electron chi connectivity index (χ3n) is 4.03. The summed E-state index contributed by atoms with van der Waals surface area (Å²) in [7, 11) is 0.